The van der Waals surface area contributed by atoms with Gasteiger partial charge in [-0.1, -0.05) is 79.1 Å². The summed E-state index contributed by atoms with van der Waals surface area (Å²) in [5.41, 5.74) is 0. The predicted octanol–water partition coefficient (Wildman–Crippen LogP) is 8.12. The average molecular weight is 515 g/mol. The van der Waals surface area contributed by atoms with Crippen molar-refractivity contribution in [1.82, 2.24) is 0 Å². The van der Waals surface area contributed by atoms with Gasteiger partial charge in [0.05, 0.1) is 0 Å². The summed E-state index contributed by atoms with van der Waals surface area (Å²) >= 11 is 0. The fraction of sp³-hybridized carbons (Fsp3) is 0.897. The molecule has 0 bridgehead atoms. The lowest BCUT2D eigenvalue weighted by Gasteiger charge is -2.11. The number of carbonyl (C=O) groups excluding carboxylic acids is 3. The Morgan fingerprint density at radius 2 is 0.722 bits per heavy atom. The maximum atomic E-state index is 12.0. The quantitative estimate of drug-likeness (QED) is 0.0654. The van der Waals surface area contributed by atoms with Crippen LogP contribution in [0.4, 0.5) is 0 Å². The van der Waals surface area contributed by atoms with Gasteiger partial charge in [-0.05, 0) is 51.4 Å². The average Bonchev–Trinajstić information content (AvgIpc) is 2.88. The minimum Gasteiger partial charge on any atom is -0.300 e. The van der Waals surface area contributed by atoms with Crippen LogP contribution in [0.3, 0.4) is 0 Å². The van der Waals surface area contributed by atoms with Crippen LogP contribution in [0.1, 0.15) is 156 Å². The molecule has 0 heterocycles. The Kier molecular flexibility index (Phi) is 24.2. The molecule has 0 aliphatic rings. The number of carbonyl (C=O) groups is 3. The molecule has 0 aromatic rings. The highest BCUT2D eigenvalue weighted by Gasteiger charge is 2.10. The van der Waals surface area contributed by atoms with Gasteiger partial charge in [0.15, 0.2) is 0 Å². The molecular formula is C29H54O7. The summed E-state index contributed by atoms with van der Waals surface area (Å²) < 4.78 is 0. The molecule has 0 atom stereocenters. The third-order valence-corrected chi connectivity index (χ3v) is 6.55. The first kappa shape index (κ1) is 34.5. The van der Waals surface area contributed by atoms with Crippen LogP contribution in [-0.2, 0) is 33.9 Å². The molecule has 0 aromatic carbocycles. The zero-order chi connectivity index (χ0) is 26.9. The van der Waals surface area contributed by atoms with Crippen LogP contribution in [0.15, 0.2) is 0 Å². The molecule has 0 unspecified atom stereocenters. The zero-order valence-electron chi connectivity index (χ0n) is 23.7. The number of ketones is 1. The molecule has 0 saturated carbocycles. The van der Waals surface area contributed by atoms with Gasteiger partial charge in [0.1, 0.15) is 18.0 Å². The van der Waals surface area contributed by atoms with Crippen molar-refractivity contribution in [3.8, 4) is 0 Å². The molecule has 0 rings (SSSR count). The molecule has 0 N–H and O–H groups in total. The summed E-state index contributed by atoms with van der Waals surface area (Å²) in [4.78, 5) is 55.3. The first-order chi connectivity index (χ1) is 17.5. The second-order valence-corrected chi connectivity index (χ2v) is 9.76. The van der Waals surface area contributed by atoms with Crippen molar-refractivity contribution in [1.29, 1.82) is 0 Å². The van der Waals surface area contributed by atoms with Gasteiger partial charge in [-0.3, -0.25) is 14.6 Å². The standard InChI is InChI=1S/C29H54O7/c1-5-26(6-2)33-35-28(31)23-19-15-11-9-13-17-21-25(30)22-18-14-10-12-16-20-24-29(32)36-34-27(7-3)8-4/h26-27H,5-24H2,1-4H3. The fourth-order valence-corrected chi connectivity index (χ4v) is 3.90. The Balaban J connectivity index is 3.42. The fourth-order valence-electron chi connectivity index (χ4n) is 3.90. The molecule has 7 nitrogen and oxygen atoms in total. The van der Waals surface area contributed by atoms with Crippen LogP contribution in [0.2, 0.25) is 0 Å². The molecule has 0 aromatic heterocycles. The predicted molar refractivity (Wildman–Crippen MR) is 142 cm³/mol. The lowest BCUT2D eigenvalue weighted by atomic mass is 10.0. The Morgan fingerprint density at radius 1 is 0.444 bits per heavy atom. The Labute approximate surface area is 220 Å². The van der Waals surface area contributed by atoms with E-state index in [1.807, 2.05) is 27.7 Å². The SMILES string of the molecule is CCC(CC)OOC(=O)CCCCCCCCC(=O)CCCCCCCCC(=O)OOC(CC)CC. The van der Waals surface area contributed by atoms with E-state index < -0.39 is 0 Å². The van der Waals surface area contributed by atoms with E-state index in [0.717, 1.165) is 103 Å². The van der Waals surface area contributed by atoms with Crippen molar-refractivity contribution in [2.45, 2.75) is 168 Å². The highest BCUT2D eigenvalue weighted by Crippen LogP contribution is 2.13. The van der Waals surface area contributed by atoms with Gasteiger partial charge in [0, 0.05) is 25.7 Å². The zero-order valence-corrected chi connectivity index (χ0v) is 23.7. The van der Waals surface area contributed by atoms with E-state index >= 15 is 0 Å². The van der Waals surface area contributed by atoms with E-state index in [0.29, 0.717) is 31.5 Å². The summed E-state index contributed by atoms with van der Waals surface area (Å²) in [5.74, 6) is -0.194. The monoisotopic (exact) mass is 514 g/mol. The molecule has 0 radical (unpaired) electrons. The topological polar surface area (TPSA) is 88.1 Å². The van der Waals surface area contributed by atoms with Crippen LogP contribution in [-0.4, -0.2) is 29.9 Å². The molecule has 0 amide bonds. The maximum Gasteiger partial charge on any atom is 0.342 e. The lowest BCUT2D eigenvalue weighted by molar-refractivity contribution is -0.299. The van der Waals surface area contributed by atoms with E-state index in [4.69, 9.17) is 19.6 Å². The molecule has 7 heteroatoms. The largest absolute Gasteiger partial charge is 0.342 e. The van der Waals surface area contributed by atoms with Crippen LogP contribution < -0.4 is 0 Å². The van der Waals surface area contributed by atoms with Crippen molar-refractivity contribution < 1.29 is 33.9 Å². The molecule has 0 spiro atoms. The van der Waals surface area contributed by atoms with E-state index in [-0.39, 0.29) is 24.1 Å². The second-order valence-electron chi connectivity index (χ2n) is 9.76. The number of hydrogen-bond donors (Lipinski definition) is 0. The van der Waals surface area contributed by atoms with Gasteiger partial charge in [-0.15, -0.1) is 0 Å². The van der Waals surface area contributed by atoms with Gasteiger partial charge in [0.2, 0.25) is 0 Å². The van der Waals surface area contributed by atoms with Crippen molar-refractivity contribution in [2.24, 2.45) is 0 Å². The third kappa shape index (κ3) is 21.8. The van der Waals surface area contributed by atoms with Gasteiger partial charge in [0.25, 0.3) is 0 Å². The van der Waals surface area contributed by atoms with Gasteiger partial charge in [-0.2, -0.15) is 9.78 Å². The molecule has 0 aliphatic carbocycles. The lowest BCUT2D eigenvalue weighted by Crippen LogP contribution is -2.14. The van der Waals surface area contributed by atoms with E-state index in [1.165, 1.54) is 0 Å². The highest BCUT2D eigenvalue weighted by atomic mass is 17.2. The normalized spacial score (nSPS) is 11.3. The first-order valence-electron chi connectivity index (χ1n) is 14.7. The van der Waals surface area contributed by atoms with Crippen LogP contribution in [0.25, 0.3) is 0 Å². The molecular weight excluding hydrogens is 460 g/mol. The maximum absolute atomic E-state index is 12.0. The number of hydrogen-bond acceptors (Lipinski definition) is 7. The Morgan fingerprint density at radius 3 is 1.03 bits per heavy atom. The summed E-state index contributed by atoms with van der Waals surface area (Å²) in [6.07, 6.45) is 17.6. The second kappa shape index (κ2) is 25.2. The van der Waals surface area contributed by atoms with E-state index in [2.05, 4.69) is 0 Å². The first-order valence-corrected chi connectivity index (χ1v) is 14.7. The minimum atomic E-state index is -0.282. The smallest absolute Gasteiger partial charge is 0.300 e. The molecule has 0 aliphatic heterocycles. The van der Waals surface area contributed by atoms with Gasteiger partial charge >= 0.3 is 11.9 Å². The Hall–Kier alpha value is -1.47. The van der Waals surface area contributed by atoms with Crippen molar-refractivity contribution in [3.63, 3.8) is 0 Å². The highest BCUT2D eigenvalue weighted by molar-refractivity contribution is 5.78. The van der Waals surface area contributed by atoms with Gasteiger partial charge < -0.3 is 0 Å². The number of rotatable bonds is 26. The molecule has 36 heavy (non-hydrogen) atoms. The summed E-state index contributed by atoms with van der Waals surface area (Å²) in [6.45, 7) is 8.04. The molecule has 0 fully saturated rings. The summed E-state index contributed by atoms with van der Waals surface area (Å²) in [6, 6.07) is 0. The van der Waals surface area contributed by atoms with Crippen molar-refractivity contribution >= 4 is 17.7 Å². The Bertz CT molecular complexity index is 496. The summed E-state index contributed by atoms with van der Waals surface area (Å²) in [7, 11) is 0. The van der Waals surface area contributed by atoms with Gasteiger partial charge in [-0.25, -0.2) is 9.59 Å². The van der Waals surface area contributed by atoms with Crippen LogP contribution in [0, 0.1) is 0 Å². The summed E-state index contributed by atoms with van der Waals surface area (Å²) in [5, 5.41) is 0. The molecule has 212 valence electrons. The van der Waals surface area contributed by atoms with Crippen LogP contribution in [0.5, 0.6) is 0 Å². The number of Topliss-reactive ketones (excluding diaryl/α,β-unsaturated/α-hetero) is 1. The molecule has 0 saturated heterocycles. The number of unbranched alkanes of at least 4 members (excludes halogenated alkanes) is 10. The third-order valence-electron chi connectivity index (χ3n) is 6.55. The van der Waals surface area contributed by atoms with Crippen molar-refractivity contribution in [2.75, 3.05) is 0 Å². The van der Waals surface area contributed by atoms with E-state index in [9.17, 15) is 14.4 Å². The van der Waals surface area contributed by atoms with Crippen LogP contribution >= 0.6 is 0 Å². The van der Waals surface area contributed by atoms with Crippen molar-refractivity contribution in [3.05, 3.63) is 0 Å². The minimum absolute atomic E-state index is 0.00867. The van der Waals surface area contributed by atoms with E-state index in [1.54, 1.807) is 0 Å².